The highest BCUT2D eigenvalue weighted by Gasteiger charge is 2.35. The Balaban J connectivity index is 1.64. The first kappa shape index (κ1) is 20.8. The van der Waals surface area contributed by atoms with Crippen LogP contribution in [-0.2, 0) is 6.18 Å². The minimum absolute atomic E-state index is 0.00807. The fourth-order valence-electron chi connectivity index (χ4n) is 3.17. The molecule has 4 aromatic carbocycles. The molecule has 7 heteroatoms. The monoisotopic (exact) mass is 441 g/mol. The molecule has 1 N–H and O–H groups in total. The zero-order valence-electron chi connectivity index (χ0n) is 15.9. The van der Waals surface area contributed by atoms with E-state index in [0.29, 0.717) is 16.0 Å². The second-order valence-electron chi connectivity index (χ2n) is 6.75. The van der Waals surface area contributed by atoms with Gasteiger partial charge in [0.25, 0.3) is 5.91 Å². The molecule has 31 heavy (non-hydrogen) atoms. The van der Waals surface area contributed by atoms with E-state index in [-0.39, 0.29) is 17.2 Å². The van der Waals surface area contributed by atoms with E-state index in [1.54, 1.807) is 24.3 Å². The molecule has 4 rings (SSSR count). The van der Waals surface area contributed by atoms with E-state index in [9.17, 15) is 18.0 Å². The smallest absolute Gasteiger partial charge is 0.420 e. The lowest BCUT2D eigenvalue weighted by molar-refractivity contribution is -0.138. The van der Waals surface area contributed by atoms with Gasteiger partial charge in [-0.15, -0.1) is 0 Å². The lowest BCUT2D eigenvalue weighted by Gasteiger charge is -2.16. The highest BCUT2D eigenvalue weighted by atomic mass is 35.5. The van der Waals surface area contributed by atoms with Gasteiger partial charge in [-0.3, -0.25) is 4.79 Å². The molecule has 3 nitrogen and oxygen atoms in total. The van der Waals surface area contributed by atoms with Crippen LogP contribution in [0, 0.1) is 0 Å². The van der Waals surface area contributed by atoms with Crippen molar-refractivity contribution in [2.24, 2.45) is 0 Å². The molecule has 0 radical (unpaired) electrons. The molecule has 0 spiro atoms. The summed E-state index contributed by atoms with van der Waals surface area (Å²) in [7, 11) is 0. The molecule has 0 aliphatic carbocycles. The fraction of sp³-hybridized carbons (Fsp3) is 0.0417. The van der Waals surface area contributed by atoms with Crippen molar-refractivity contribution in [3.8, 4) is 11.5 Å². The first-order chi connectivity index (χ1) is 14.8. The lowest BCUT2D eigenvalue weighted by Crippen LogP contribution is -2.14. The van der Waals surface area contributed by atoms with Gasteiger partial charge >= 0.3 is 6.18 Å². The van der Waals surface area contributed by atoms with Crippen molar-refractivity contribution in [1.29, 1.82) is 0 Å². The van der Waals surface area contributed by atoms with Crippen molar-refractivity contribution in [1.82, 2.24) is 0 Å². The SMILES string of the molecule is O=C(Nc1ccc(Oc2ccc(Cl)cc2)c(C(F)(F)F)c1)c1cccc2ccccc12. The van der Waals surface area contributed by atoms with Gasteiger partial charge < -0.3 is 10.1 Å². The van der Waals surface area contributed by atoms with E-state index in [1.165, 1.54) is 36.4 Å². The number of anilines is 1. The van der Waals surface area contributed by atoms with Crippen molar-refractivity contribution in [2.75, 3.05) is 5.32 Å². The van der Waals surface area contributed by atoms with Gasteiger partial charge in [-0.05, 0) is 59.3 Å². The van der Waals surface area contributed by atoms with Crippen LogP contribution in [0.4, 0.5) is 18.9 Å². The molecule has 0 aliphatic rings. The van der Waals surface area contributed by atoms with E-state index in [0.717, 1.165) is 11.5 Å². The number of carbonyl (C=O) groups excluding carboxylic acids is 1. The van der Waals surface area contributed by atoms with Crippen LogP contribution >= 0.6 is 11.6 Å². The van der Waals surface area contributed by atoms with Gasteiger partial charge in [-0.25, -0.2) is 0 Å². The summed E-state index contributed by atoms with van der Waals surface area (Å²) in [6.07, 6.45) is -4.68. The Kier molecular flexibility index (Phi) is 5.57. The number of benzene rings is 4. The second kappa shape index (κ2) is 8.32. The number of alkyl halides is 3. The molecule has 0 atom stereocenters. The topological polar surface area (TPSA) is 38.3 Å². The zero-order chi connectivity index (χ0) is 22.0. The fourth-order valence-corrected chi connectivity index (χ4v) is 3.30. The zero-order valence-corrected chi connectivity index (χ0v) is 16.7. The van der Waals surface area contributed by atoms with Gasteiger partial charge in [0.15, 0.2) is 0 Å². The first-order valence-corrected chi connectivity index (χ1v) is 9.63. The van der Waals surface area contributed by atoms with E-state index >= 15 is 0 Å². The number of amides is 1. The Morgan fingerprint density at radius 2 is 1.58 bits per heavy atom. The van der Waals surface area contributed by atoms with Crippen molar-refractivity contribution in [3.05, 3.63) is 101 Å². The summed E-state index contributed by atoms with van der Waals surface area (Å²) in [4.78, 5) is 12.8. The minimum atomic E-state index is -4.68. The van der Waals surface area contributed by atoms with Gasteiger partial charge in [0.2, 0.25) is 0 Å². The molecule has 0 fully saturated rings. The Hall–Kier alpha value is -3.51. The number of hydrogen-bond acceptors (Lipinski definition) is 2. The van der Waals surface area contributed by atoms with Gasteiger partial charge in [-0.1, -0.05) is 48.0 Å². The third-order valence-corrected chi connectivity index (χ3v) is 4.87. The molecule has 0 bridgehead atoms. The lowest BCUT2D eigenvalue weighted by atomic mass is 10.0. The summed E-state index contributed by atoms with van der Waals surface area (Å²) in [5.41, 5.74) is -0.625. The molecule has 1 amide bonds. The number of halogens is 4. The molecule has 0 aliphatic heterocycles. The minimum Gasteiger partial charge on any atom is -0.457 e. The number of fused-ring (bicyclic) bond motifs is 1. The van der Waals surface area contributed by atoms with Gasteiger partial charge in [0.05, 0.1) is 0 Å². The molecular weight excluding hydrogens is 427 g/mol. The molecule has 0 heterocycles. The van der Waals surface area contributed by atoms with Crippen LogP contribution in [0.25, 0.3) is 10.8 Å². The van der Waals surface area contributed by atoms with Crippen molar-refractivity contribution in [3.63, 3.8) is 0 Å². The molecule has 0 aromatic heterocycles. The number of hydrogen-bond donors (Lipinski definition) is 1. The normalized spacial score (nSPS) is 11.4. The van der Waals surface area contributed by atoms with Gasteiger partial charge in [0, 0.05) is 16.3 Å². The molecule has 0 saturated carbocycles. The van der Waals surface area contributed by atoms with Crippen LogP contribution in [0.1, 0.15) is 15.9 Å². The molecule has 4 aromatic rings. The average molecular weight is 442 g/mol. The molecular formula is C24H15ClF3NO2. The standard InChI is InChI=1S/C24H15ClF3NO2/c25-16-8-11-18(12-9-16)31-22-13-10-17(14-21(22)24(26,27)28)29-23(30)20-7-3-5-15-4-1-2-6-19(15)20/h1-14H,(H,29,30). The van der Waals surface area contributed by atoms with Gasteiger partial charge in [-0.2, -0.15) is 13.2 Å². The molecule has 0 unspecified atom stereocenters. The number of ether oxygens (including phenoxy) is 1. The Labute approximate surface area is 181 Å². The average Bonchev–Trinajstić information content (AvgIpc) is 2.75. The summed E-state index contributed by atoms with van der Waals surface area (Å²) < 4.78 is 46.4. The number of rotatable bonds is 4. The maximum absolute atomic E-state index is 13.7. The van der Waals surface area contributed by atoms with Crippen LogP contribution in [0.5, 0.6) is 11.5 Å². The summed E-state index contributed by atoms with van der Waals surface area (Å²) >= 11 is 5.80. The second-order valence-corrected chi connectivity index (χ2v) is 7.18. The van der Waals surface area contributed by atoms with E-state index < -0.39 is 17.6 Å². The van der Waals surface area contributed by atoms with Crippen molar-refractivity contribution in [2.45, 2.75) is 6.18 Å². The maximum Gasteiger partial charge on any atom is 0.420 e. The Morgan fingerprint density at radius 1 is 0.871 bits per heavy atom. The Bertz CT molecular complexity index is 1250. The van der Waals surface area contributed by atoms with E-state index in [1.807, 2.05) is 18.2 Å². The highest BCUT2D eigenvalue weighted by molar-refractivity contribution is 6.30. The quantitative estimate of drug-likeness (QED) is 0.355. The van der Waals surface area contributed by atoms with Crippen LogP contribution in [-0.4, -0.2) is 5.91 Å². The third kappa shape index (κ3) is 4.64. The largest absolute Gasteiger partial charge is 0.457 e. The summed E-state index contributed by atoms with van der Waals surface area (Å²) in [6.45, 7) is 0. The summed E-state index contributed by atoms with van der Waals surface area (Å²) in [5.74, 6) is -0.670. The van der Waals surface area contributed by atoms with Crippen molar-refractivity contribution < 1.29 is 22.7 Å². The molecule has 156 valence electrons. The third-order valence-electron chi connectivity index (χ3n) is 4.62. The highest BCUT2D eigenvalue weighted by Crippen LogP contribution is 2.40. The van der Waals surface area contributed by atoms with Crippen molar-refractivity contribution >= 4 is 34.0 Å². The van der Waals surface area contributed by atoms with Crippen LogP contribution in [0.3, 0.4) is 0 Å². The van der Waals surface area contributed by atoms with Gasteiger partial charge in [0.1, 0.15) is 17.1 Å². The first-order valence-electron chi connectivity index (χ1n) is 9.25. The maximum atomic E-state index is 13.7. The van der Waals surface area contributed by atoms with Crippen LogP contribution in [0.15, 0.2) is 84.9 Å². The predicted octanol–water partition coefficient (Wildman–Crippen LogP) is 7.56. The summed E-state index contributed by atoms with van der Waals surface area (Å²) in [5, 5.41) is 4.56. The van der Waals surface area contributed by atoms with E-state index in [2.05, 4.69) is 5.32 Å². The summed E-state index contributed by atoms with van der Waals surface area (Å²) in [6, 6.07) is 21.9. The van der Waals surface area contributed by atoms with Crippen LogP contribution in [0.2, 0.25) is 5.02 Å². The van der Waals surface area contributed by atoms with Crippen LogP contribution < -0.4 is 10.1 Å². The number of nitrogens with one attached hydrogen (secondary N) is 1. The number of carbonyl (C=O) groups is 1. The Morgan fingerprint density at radius 3 is 2.32 bits per heavy atom. The van der Waals surface area contributed by atoms with E-state index in [4.69, 9.17) is 16.3 Å². The predicted molar refractivity (Wildman–Crippen MR) is 115 cm³/mol. The molecule has 0 saturated heterocycles.